The van der Waals surface area contributed by atoms with Crippen molar-refractivity contribution in [2.45, 2.75) is 38.5 Å². The topological polar surface area (TPSA) is 88.6 Å². The fraction of sp³-hybridized carbons (Fsp3) is 0.333. The third-order valence-corrected chi connectivity index (χ3v) is 7.14. The van der Waals surface area contributed by atoms with Crippen LogP contribution in [-0.2, 0) is 14.3 Å². The summed E-state index contributed by atoms with van der Waals surface area (Å²) in [5, 5.41) is 5.56. The van der Waals surface area contributed by atoms with Gasteiger partial charge in [0.25, 0.3) is 5.91 Å². The molecule has 0 unspecified atom stereocenters. The Bertz CT molecular complexity index is 1220. The number of ether oxygens (including phenoxy) is 1. The van der Waals surface area contributed by atoms with E-state index in [1.54, 1.807) is 35.4 Å². The van der Waals surface area contributed by atoms with Crippen molar-refractivity contribution in [2.24, 2.45) is 0 Å². The summed E-state index contributed by atoms with van der Waals surface area (Å²) in [6.45, 7) is 3.25. The van der Waals surface area contributed by atoms with Crippen LogP contribution in [0.3, 0.4) is 0 Å². The van der Waals surface area contributed by atoms with Gasteiger partial charge in [0.15, 0.2) is 0 Å². The third-order valence-electron chi connectivity index (χ3n) is 6.13. The molecule has 0 atom stereocenters. The largest absolute Gasteiger partial charge is 0.466 e. The Morgan fingerprint density at radius 1 is 1.08 bits per heavy atom. The normalized spacial score (nSPS) is 13.9. The lowest BCUT2D eigenvalue weighted by Crippen LogP contribution is -2.38. The van der Waals surface area contributed by atoms with Crippen LogP contribution in [0.15, 0.2) is 53.9 Å². The Labute approximate surface area is 213 Å². The molecule has 1 aliphatic rings. The van der Waals surface area contributed by atoms with E-state index < -0.39 is 0 Å². The van der Waals surface area contributed by atoms with Gasteiger partial charge in [-0.1, -0.05) is 30.3 Å². The zero-order valence-electron chi connectivity index (χ0n) is 20.0. The fourth-order valence-corrected chi connectivity index (χ4v) is 5.19. The van der Waals surface area contributed by atoms with Gasteiger partial charge in [0.05, 0.1) is 18.0 Å². The van der Waals surface area contributed by atoms with Crippen molar-refractivity contribution in [3.63, 3.8) is 0 Å². The number of likely N-dealkylation sites (tertiary alicyclic amines) is 1. The lowest BCUT2D eigenvalue weighted by Gasteiger charge is -2.31. The first kappa shape index (κ1) is 25.5. The summed E-state index contributed by atoms with van der Waals surface area (Å²) in [5.74, 6) is -0.840. The zero-order valence-corrected chi connectivity index (χ0v) is 20.9. The van der Waals surface area contributed by atoms with Crippen molar-refractivity contribution in [2.75, 3.05) is 25.0 Å². The van der Waals surface area contributed by atoms with Crippen LogP contribution < -0.4 is 5.32 Å². The van der Waals surface area contributed by atoms with Crippen molar-refractivity contribution in [1.29, 1.82) is 0 Å². The molecule has 1 saturated heterocycles. The molecule has 0 aliphatic carbocycles. The Balaban J connectivity index is 1.34. The predicted molar refractivity (Wildman–Crippen MR) is 136 cm³/mol. The van der Waals surface area contributed by atoms with Gasteiger partial charge < -0.3 is 15.0 Å². The number of aromatic nitrogens is 1. The maximum Gasteiger partial charge on any atom is 0.306 e. The van der Waals surface area contributed by atoms with Gasteiger partial charge in [-0.05, 0) is 43.5 Å². The van der Waals surface area contributed by atoms with Gasteiger partial charge in [0.1, 0.15) is 11.5 Å². The molecule has 9 heteroatoms. The molecule has 3 aromatic rings. The highest BCUT2D eigenvalue weighted by atomic mass is 32.1. The molecule has 2 amide bonds. The van der Waals surface area contributed by atoms with E-state index in [9.17, 15) is 18.8 Å². The molecule has 2 heterocycles. The number of halogens is 1. The molecule has 1 fully saturated rings. The number of nitrogens with one attached hydrogen (secondary N) is 1. The minimum absolute atomic E-state index is 0.0412. The lowest BCUT2D eigenvalue weighted by atomic mass is 9.97. The van der Waals surface area contributed by atoms with Crippen LogP contribution in [0.2, 0.25) is 0 Å². The maximum atomic E-state index is 13.3. The first-order chi connectivity index (χ1) is 17.4. The van der Waals surface area contributed by atoms with Crippen LogP contribution in [-0.4, -0.2) is 47.4 Å². The van der Waals surface area contributed by atoms with E-state index >= 15 is 0 Å². The number of amides is 2. The quantitative estimate of drug-likeness (QED) is 0.419. The molecule has 7 nitrogen and oxygen atoms in total. The Morgan fingerprint density at radius 2 is 1.81 bits per heavy atom. The first-order valence-electron chi connectivity index (χ1n) is 12.0. The minimum Gasteiger partial charge on any atom is -0.466 e. The lowest BCUT2D eigenvalue weighted by molar-refractivity contribution is -0.145. The standard InChI is InChI=1S/C27H28FN3O4S/c1-2-35-25(33)12-11-24(32)31-15-13-19(14-16-31)27-30-23(17-36-27)26(34)29-22-6-4-3-5-21(22)18-7-9-20(28)10-8-18/h3-10,17,19H,2,11-16H2,1H3,(H,29,34). The molecule has 1 N–H and O–H groups in total. The van der Waals surface area contributed by atoms with Crippen molar-refractivity contribution < 1.29 is 23.5 Å². The molecule has 0 radical (unpaired) electrons. The molecular formula is C27H28FN3O4S. The number of hydrogen-bond donors (Lipinski definition) is 1. The highest BCUT2D eigenvalue weighted by molar-refractivity contribution is 7.10. The maximum absolute atomic E-state index is 13.3. The van der Waals surface area contributed by atoms with Gasteiger partial charge in [-0.3, -0.25) is 14.4 Å². The van der Waals surface area contributed by atoms with Crippen LogP contribution in [0.1, 0.15) is 54.0 Å². The number of para-hydroxylation sites is 1. The average molecular weight is 510 g/mol. The molecule has 0 bridgehead atoms. The first-order valence-corrected chi connectivity index (χ1v) is 12.9. The molecule has 1 aliphatic heterocycles. The van der Waals surface area contributed by atoms with Gasteiger partial charge in [-0.25, -0.2) is 9.37 Å². The van der Waals surface area contributed by atoms with Gasteiger partial charge >= 0.3 is 5.97 Å². The van der Waals surface area contributed by atoms with E-state index in [2.05, 4.69) is 10.3 Å². The number of hydrogen-bond acceptors (Lipinski definition) is 6. The van der Waals surface area contributed by atoms with Gasteiger partial charge in [-0.15, -0.1) is 11.3 Å². The highest BCUT2D eigenvalue weighted by Crippen LogP contribution is 2.32. The van der Waals surface area contributed by atoms with Gasteiger partial charge in [-0.2, -0.15) is 0 Å². The van der Waals surface area contributed by atoms with Crippen LogP contribution in [0.4, 0.5) is 10.1 Å². The molecule has 36 heavy (non-hydrogen) atoms. The second kappa shape index (κ2) is 11.9. The SMILES string of the molecule is CCOC(=O)CCC(=O)N1CCC(c2nc(C(=O)Nc3ccccc3-c3ccc(F)cc3)cs2)CC1. The molecule has 0 saturated carbocycles. The van der Waals surface area contributed by atoms with E-state index in [-0.39, 0.29) is 42.4 Å². The fourth-order valence-electron chi connectivity index (χ4n) is 4.22. The highest BCUT2D eigenvalue weighted by Gasteiger charge is 2.26. The summed E-state index contributed by atoms with van der Waals surface area (Å²) >= 11 is 1.45. The van der Waals surface area contributed by atoms with Gasteiger partial charge in [0, 0.05) is 42.1 Å². The van der Waals surface area contributed by atoms with E-state index in [1.807, 2.05) is 18.2 Å². The summed E-state index contributed by atoms with van der Waals surface area (Å²) in [5.41, 5.74) is 2.56. The van der Waals surface area contributed by atoms with E-state index in [1.165, 1.54) is 23.5 Å². The number of carbonyl (C=O) groups excluding carboxylic acids is 3. The van der Waals surface area contributed by atoms with Crippen molar-refractivity contribution >= 4 is 34.8 Å². The van der Waals surface area contributed by atoms with Crippen LogP contribution >= 0.6 is 11.3 Å². The molecule has 4 rings (SSSR count). The van der Waals surface area contributed by atoms with Crippen molar-refractivity contribution in [3.05, 3.63) is 70.4 Å². The number of rotatable bonds is 8. The summed E-state index contributed by atoms with van der Waals surface area (Å²) in [6.07, 6.45) is 1.77. The second-order valence-corrected chi connectivity index (χ2v) is 9.43. The summed E-state index contributed by atoms with van der Waals surface area (Å²) in [7, 11) is 0. The third kappa shape index (κ3) is 6.34. The van der Waals surface area contributed by atoms with Crippen molar-refractivity contribution in [3.8, 4) is 11.1 Å². The summed E-state index contributed by atoms with van der Waals surface area (Å²) in [6, 6.07) is 13.5. The smallest absolute Gasteiger partial charge is 0.306 e. The van der Waals surface area contributed by atoms with Crippen LogP contribution in [0, 0.1) is 5.82 Å². The Hall–Kier alpha value is -3.59. The molecular weight excluding hydrogens is 481 g/mol. The van der Waals surface area contributed by atoms with Gasteiger partial charge in [0.2, 0.25) is 5.91 Å². The number of benzene rings is 2. The summed E-state index contributed by atoms with van der Waals surface area (Å²) < 4.78 is 18.2. The average Bonchev–Trinajstić information content (AvgIpc) is 3.39. The van der Waals surface area contributed by atoms with Crippen LogP contribution in [0.5, 0.6) is 0 Å². The molecule has 188 valence electrons. The molecule has 0 spiro atoms. The number of carbonyl (C=O) groups is 3. The predicted octanol–water partition coefficient (Wildman–Crippen LogP) is 5.25. The summed E-state index contributed by atoms with van der Waals surface area (Å²) in [4.78, 5) is 43.2. The number of nitrogens with zero attached hydrogens (tertiary/aromatic N) is 2. The second-order valence-electron chi connectivity index (χ2n) is 8.54. The number of anilines is 1. The number of piperidine rings is 1. The monoisotopic (exact) mass is 509 g/mol. The number of thiazole rings is 1. The van der Waals surface area contributed by atoms with Crippen LogP contribution in [0.25, 0.3) is 11.1 Å². The minimum atomic E-state index is -0.352. The molecule has 2 aromatic carbocycles. The van der Waals surface area contributed by atoms with E-state index in [0.29, 0.717) is 31.1 Å². The van der Waals surface area contributed by atoms with E-state index in [4.69, 9.17) is 4.74 Å². The van der Waals surface area contributed by atoms with Crippen molar-refractivity contribution in [1.82, 2.24) is 9.88 Å². The Kier molecular flexibility index (Phi) is 8.43. The zero-order chi connectivity index (χ0) is 25.5. The Morgan fingerprint density at radius 3 is 2.53 bits per heavy atom. The number of esters is 1. The molecule has 1 aromatic heterocycles. The van der Waals surface area contributed by atoms with E-state index in [0.717, 1.165) is 29.0 Å².